The second kappa shape index (κ2) is 4.53. The molecule has 1 aliphatic rings. The van der Waals surface area contributed by atoms with Crippen molar-refractivity contribution in [3.05, 3.63) is 28.5 Å². The van der Waals surface area contributed by atoms with Crippen molar-refractivity contribution >= 4 is 21.8 Å². The summed E-state index contributed by atoms with van der Waals surface area (Å²) in [6, 6.07) is 5.43. The Hall–Kier alpha value is -0.900. The van der Waals surface area contributed by atoms with E-state index in [-0.39, 0.29) is 5.91 Å². The van der Waals surface area contributed by atoms with Crippen molar-refractivity contribution in [1.29, 1.82) is 0 Å². The summed E-state index contributed by atoms with van der Waals surface area (Å²) >= 11 is 3.28. The standard InChI is InChI=1S/C12H15BrN2O/c1-8-6-15(7-9(8)2)12(16)10-4-3-5-11(13)14-10/h3-5,8-9H,6-7H2,1-2H3. The molecule has 2 unspecified atom stereocenters. The van der Waals surface area contributed by atoms with Crippen LogP contribution in [0.1, 0.15) is 24.3 Å². The fourth-order valence-corrected chi connectivity index (χ4v) is 2.33. The Morgan fingerprint density at radius 2 is 2.00 bits per heavy atom. The van der Waals surface area contributed by atoms with E-state index in [2.05, 4.69) is 34.8 Å². The minimum absolute atomic E-state index is 0.0394. The highest BCUT2D eigenvalue weighted by molar-refractivity contribution is 9.10. The molecule has 0 aromatic carbocycles. The fraction of sp³-hybridized carbons (Fsp3) is 0.500. The molecular formula is C12H15BrN2O. The molecule has 1 amide bonds. The SMILES string of the molecule is CC1CN(C(=O)c2cccc(Br)n2)CC1C. The number of carbonyl (C=O) groups is 1. The van der Waals surface area contributed by atoms with Gasteiger partial charge in [-0.15, -0.1) is 0 Å². The van der Waals surface area contributed by atoms with E-state index in [9.17, 15) is 4.79 Å². The topological polar surface area (TPSA) is 33.2 Å². The Bertz CT molecular complexity index is 398. The van der Waals surface area contributed by atoms with Gasteiger partial charge in [-0.1, -0.05) is 19.9 Å². The maximum absolute atomic E-state index is 12.1. The van der Waals surface area contributed by atoms with E-state index < -0.39 is 0 Å². The number of aromatic nitrogens is 1. The van der Waals surface area contributed by atoms with Gasteiger partial charge in [0.05, 0.1) is 0 Å². The van der Waals surface area contributed by atoms with Gasteiger partial charge in [0.2, 0.25) is 0 Å². The molecule has 0 bridgehead atoms. The lowest BCUT2D eigenvalue weighted by atomic mass is 10.0. The zero-order valence-corrected chi connectivity index (χ0v) is 11.1. The smallest absolute Gasteiger partial charge is 0.272 e. The van der Waals surface area contributed by atoms with E-state index in [1.807, 2.05) is 17.0 Å². The number of carbonyl (C=O) groups excluding carboxylic acids is 1. The van der Waals surface area contributed by atoms with Crippen LogP contribution in [-0.4, -0.2) is 28.9 Å². The maximum Gasteiger partial charge on any atom is 0.272 e. The molecule has 2 atom stereocenters. The van der Waals surface area contributed by atoms with Gasteiger partial charge in [0, 0.05) is 13.1 Å². The third-order valence-electron chi connectivity index (χ3n) is 3.21. The minimum Gasteiger partial charge on any atom is -0.337 e. The average Bonchev–Trinajstić information content (AvgIpc) is 2.58. The van der Waals surface area contributed by atoms with Crippen LogP contribution in [0.15, 0.2) is 22.8 Å². The first-order valence-corrected chi connectivity index (χ1v) is 6.29. The van der Waals surface area contributed by atoms with Gasteiger partial charge in [-0.2, -0.15) is 0 Å². The Balaban J connectivity index is 2.14. The summed E-state index contributed by atoms with van der Waals surface area (Å²) in [6.45, 7) is 6.06. The van der Waals surface area contributed by atoms with Crippen LogP contribution in [0.4, 0.5) is 0 Å². The quantitative estimate of drug-likeness (QED) is 0.742. The van der Waals surface area contributed by atoms with E-state index in [1.54, 1.807) is 6.07 Å². The number of amides is 1. The van der Waals surface area contributed by atoms with Crippen LogP contribution in [0, 0.1) is 11.8 Å². The van der Waals surface area contributed by atoms with Gasteiger partial charge in [0.1, 0.15) is 10.3 Å². The van der Waals surface area contributed by atoms with Crippen LogP contribution in [0.5, 0.6) is 0 Å². The number of likely N-dealkylation sites (tertiary alicyclic amines) is 1. The molecule has 2 rings (SSSR count). The first-order valence-electron chi connectivity index (χ1n) is 5.49. The molecule has 0 N–H and O–H groups in total. The highest BCUT2D eigenvalue weighted by Crippen LogP contribution is 2.23. The van der Waals surface area contributed by atoms with Crippen molar-refractivity contribution in [2.24, 2.45) is 11.8 Å². The maximum atomic E-state index is 12.1. The summed E-state index contributed by atoms with van der Waals surface area (Å²) in [6.07, 6.45) is 0. The van der Waals surface area contributed by atoms with Crippen LogP contribution in [-0.2, 0) is 0 Å². The first kappa shape index (κ1) is 11.6. The van der Waals surface area contributed by atoms with Gasteiger partial charge in [0.25, 0.3) is 5.91 Å². The zero-order chi connectivity index (χ0) is 11.7. The Labute approximate surface area is 104 Å². The molecule has 0 radical (unpaired) electrons. The van der Waals surface area contributed by atoms with Crippen molar-refractivity contribution in [3.8, 4) is 0 Å². The highest BCUT2D eigenvalue weighted by atomic mass is 79.9. The van der Waals surface area contributed by atoms with Crippen molar-refractivity contribution in [1.82, 2.24) is 9.88 Å². The van der Waals surface area contributed by atoms with Crippen LogP contribution < -0.4 is 0 Å². The highest BCUT2D eigenvalue weighted by Gasteiger charge is 2.30. The molecule has 1 aromatic rings. The molecule has 0 saturated carbocycles. The Morgan fingerprint density at radius 1 is 1.38 bits per heavy atom. The van der Waals surface area contributed by atoms with Crippen molar-refractivity contribution < 1.29 is 4.79 Å². The Morgan fingerprint density at radius 3 is 2.56 bits per heavy atom. The lowest BCUT2D eigenvalue weighted by Gasteiger charge is -2.15. The van der Waals surface area contributed by atoms with E-state index in [0.29, 0.717) is 22.1 Å². The van der Waals surface area contributed by atoms with Gasteiger partial charge in [-0.25, -0.2) is 4.98 Å². The average molecular weight is 283 g/mol. The third kappa shape index (κ3) is 2.26. The summed E-state index contributed by atoms with van der Waals surface area (Å²) in [4.78, 5) is 18.2. The number of halogens is 1. The monoisotopic (exact) mass is 282 g/mol. The molecule has 4 heteroatoms. The molecule has 0 aliphatic carbocycles. The van der Waals surface area contributed by atoms with Crippen molar-refractivity contribution in [3.63, 3.8) is 0 Å². The number of hydrogen-bond acceptors (Lipinski definition) is 2. The molecule has 86 valence electrons. The molecule has 1 aliphatic heterocycles. The van der Waals surface area contributed by atoms with Gasteiger partial charge < -0.3 is 4.90 Å². The van der Waals surface area contributed by atoms with Crippen LogP contribution in [0.2, 0.25) is 0 Å². The van der Waals surface area contributed by atoms with Crippen molar-refractivity contribution in [2.45, 2.75) is 13.8 Å². The van der Waals surface area contributed by atoms with E-state index in [4.69, 9.17) is 0 Å². The van der Waals surface area contributed by atoms with Crippen molar-refractivity contribution in [2.75, 3.05) is 13.1 Å². The molecule has 1 fully saturated rings. The van der Waals surface area contributed by atoms with Gasteiger partial charge in [0.15, 0.2) is 0 Å². The molecule has 3 nitrogen and oxygen atoms in total. The first-order chi connectivity index (χ1) is 7.58. The number of pyridine rings is 1. The predicted molar refractivity (Wildman–Crippen MR) is 66.2 cm³/mol. The van der Waals surface area contributed by atoms with E-state index in [1.165, 1.54) is 0 Å². The minimum atomic E-state index is 0.0394. The van der Waals surface area contributed by atoms with Crippen LogP contribution in [0.25, 0.3) is 0 Å². The molecule has 0 spiro atoms. The molecule has 16 heavy (non-hydrogen) atoms. The summed E-state index contributed by atoms with van der Waals surface area (Å²) in [7, 11) is 0. The van der Waals surface area contributed by atoms with E-state index >= 15 is 0 Å². The summed E-state index contributed by atoms with van der Waals surface area (Å²) in [5.74, 6) is 1.20. The fourth-order valence-electron chi connectivity index (χ4n) is 1.98. The summed E-state index contributed by atoms with van der Waals surface area (Å²) < 4.78 is 0.707. The third-order valence-corrected chi connectivity index (χ3v) is 3.65. The lowest BCUT2D eigenvalue weighted by molar-refractivity contribution is 0.0779. The normalized spacial score (nSPS) is 24.8. The zero-order valence-electron chi connectivity index (χ0n) is 9.48. The van der Waals surface area contributed by atoms with Gasteiger partial charge in [-0.05, 0) is 39.9 Å². The molecule has 1 aromatic heterocycles. The molecular weight excluding hydrogens is 268 g/mol. The lowest BCUT2D eigenvalue weighted by Crippen LogP contribution is -2.29. The second-order valence-electron chi connectivity index (χ2n) is 4.51. The predicted octanol–water partition coefficient (Wildman–Crippen LogP) is 2.57. The number of hydrogen-bond donors (Lipinski definition) is 0. The summed E-state index contributed by atoms with van der Waals surface area (Å²) in [5, 5.41) is 0. The van der Waals surface area contributed by atoms with Crippen LogP contribution in [0.3, 0.4) is 0 Å². The Kier molecular flexibility index (Phi) is 3.28. The van der Waals surface area contributed by atoms with Crippen LogP contribution >= 0.6 is 15.9 Å². The largest absolute Gasteiger partial charge is 0.337 e. The molecule has 2 heterocycles. The molecule has 1 saturated heterocycles. The van der Waals surface area contributed by atoms with E-state index in [0.717, 1.165) is 13.1 Å². The number of rotatable bonds is 1. The summed E-state index contributed by atoms with van der Waals surface area (Å²) in [5.41, 5.74) is 0.524. The van der Waals surface area contributed by atoms with Gasteiger partial charge in [-0.3, -0.25) is 4.79 Å². The second-order valence-corrected chi connectivity index (χ2v) is 5.32. The number of nitrogens with zero attached hydrogens (tertiary/aromatic N) is 2. The van der Waals surface area contributed by atoms with Gasteiger partial charge >= 0.3 is 0 Å².